The van der Waals surface area contributed by atoms with Crippen LogP contribution in [0.2, 0.25) is 0 Å². The number of rotatable bonds is 6. The van der Waals surface area contributed by atoms with E-state index in [1.54, 1.807) is 0 Å². The molecule has 1 saturated heterocycles. The number of amides is 2. The number of nitrogens with zero attached hydrogens (tertiary/aromatic N) is 1. The molecule has 2 rings (SSSR count). The van der Waals surface area contributed by atoms with Crippen molar-refractivity contribution in [3.8, 4) is 0 Å². The highest BCUT2D eigenvalue weighted by Crippen LogP contribution is 2.18. The predicted octanol–water partition coefficient (Wildman–Crippen LogP) is 3.25. The smallest absolute Gasteiger partial charge is 0.222 e. The lowest BCUT2D eigenvalue weighted by atomic mass is 9.96. The van der Waals surface area contributed by atoms with Crippen molar-refractivity contribution in [3.63, 3.8) is 0 Å². The lowest BCUT2D eigenvalue weighted by Crippen LogP contribution is -2.44. The van der Waals surface area contributed by atoms with Gasteiger partial charge in [0.1, 0.15) is 0 Å². The topological polar surface area (TPSA) is 49.4 Å². The number of piperidine rings is 1. The molecule has 0 bridgehead atoms. The predicted molar refractivity (Wildman–Crippen MR) is 101 cm³/mol. The molecule has 1 N–H and O–H groups in total. The van der Waals surface area contributed by atoms with E-state index in [9.17, 15) is 9.59 Å². The van der Waals surface area contributed by atoms with Crippen molar-refractivity contribution >= 4 is 11.8 Å². The molecule has 1 fully saturated rings. The SMILES string of the molecule is Cc1ccc(CCC(=O)N2CCC[C@@H](CNC(=O)C(C)C)C2)c(C)c1. The molecule has 0 aromatic heterocycles. The first-order valence-corrected chi connectivity index (χ1v) is 9.48. The van der Waals surface area contributed by atoms with E-state index < -0.39 is 0 Å². The maximum absolute atomic E-state index is 12.6. The van der Waals surface area contributed by atoms with E-state index in [4.69, 9.17) is 0 Å². The molecular weight excluding hydrogens is 312 g/mol. The highest BCUT2D eigenvalue weighted by atomic mass is 16.2. The zero-order chi connectivity index (χ0) is 18.4. The van der Waals surface area contributed by atoms with Gasteiger partial charge in [0.15, 0.2) is 0 Å². The van der Waals surface area contributed by atoms with Gasteiger partial charge in [-0.05, 0) is 50.2 Å². The zero-order valence-corrected chi connectivity index (χ0v) is 16.1. The van der Waals surface area contributed by atoms with Crippen molar-refractivity contribution in [3.05, 3.63) is 34.9 Å². The number of hydrogen-bond donors (Lipinski definition) is 1. The Kier molecular flexibility index (Phi) is 7.03. The number of hydrogen-bond acceptors (Lipinski definition) is 2. The molecule has 0 radical (unpaired) electrons. The van der Waals surface area contributed by atoms with E-state index >= 15 is 0 Å². The van der Waals surface area contributed by atoms with Gasteiger partial charge in [-0.25, -0.2) is 0 Å². The van der Waals surface area contributed by atoms with Crippen molar-refractivity contribution in [1.29, 1.82) is 0 Å². The van der Waals surface area contributed by atoms with Crippen LogP contribution in [0, 0.1) is 25.7 Å². The molecule has 0 unspecified atom stereocenters. The van der Waals surface area contributed by atoms with E-state index in [0.717, 1.165) is 32.4 Å². The largest absolute Gasteiger partial charge is 0.356 e. The fourth-order valence-corrected chi connectivity index (χ4v) is 3.43. The second-order valence-electron chi connectivity index (χ2n) is 7.68. The molecule has 25 heavy (non-hydrogen) atoms. The molecule has 1 aromatic rings. The van der Waals surface area contributed by atoms with Gasteiger partial charge in [-0.3, -0.25) is 9.59 Å². The lowest BCUT2D eigenvalue weighted by Gasteiger charge is -2.33. The highest BCUT2D eigenvalue weighted by Gasteiger charge is 2.24. The minimum atomic E-state index is 0.0130. The monoisotopic (exact) mass is 344 g/mol. The quantitative estimate of drug-likeness (QED) is 0.861. The summed E-state index contributed by atoms with van der Waals surface area (Å²) in [6, 6.07) is 6.42. The van der Waals surface area contributed by atoms with Crippen LogP contribution in [-0.4, -0.2) is 36.3 Å². The van der Waals surface area contributed by atoms with Crippen LogP contribution in [0.3, 0.4) is 0 Å². The number of benzene rings is 1. The molecule has 1 heterocycles. The average molecular weight is 344 g/mol. The fraction of sp³-hybridized carbons (Fsp3) is 0.619. The van der Waals surface area contributed by atoms with Gasteiger partial charge in [0.05, 0.1) is 0 Å². The first-order chi connectivity index (χ1) is 11.9. The van der Waals surface area contributed by atoms with Crippen LogP contribution in [0.25, 0.3) is 0 Å². The standard InChI is InChI=1S/C21H32N2O2/c1-15(2)21(25)22-13-18-6-5-11-23(14-18)20(24)10-9-19-8-7-16(3)12-17(19)4/h7-8,12,15,18H,5-6,9-11,13-14H2,1-4H3,(H,22,25)/t18-/m0/s1. The van der Waals surface area contributed by atoms with Crippen LogP contribution in [-0.2, 0) is 16.0 Å². The molecule has 0 spiro atoms. The Morgan fingerprint density at radius 2 is 2.04 bits per heavy atom. The van der Waals surface area contributed by atoms with E-state index in [1.165, 1.54) is 16.7 Å². The minimum absolute atomic E-state index is 0.0130. The van der Waals surface area contributed by atoms with Crippen LogP contribution >= 0.6 is 0 Å². The average Bonchev–Trinajstić information content (AvgIpc) is 2.58. The molecule has 1 atom stereocenters. The van der Waals surface area contributed by atoms with Crippen molar-refractivity contribution in [2.45, 2.75) is 53.4 Å². The molecule has 1 aromatic carbocycles. The van der Waals surface area contributed by atoms with Crippen LogP contribution in [0.4, 0.5) is 0 Å². The highest BCUT2D eigenvalue weighted by molar-refractivity contribution is 5.78. The van der Waals surface area contributed by atoms with Crippen molar-refractivity contribution in [2.75, 3.05) is 19.6 Å². The summed E-state index contributed by atoms with van der Waals surface area (Å²) in [7, 11) is 0. The third-order valence-electron chi connectivity index (χ3n) is 5.07. The number of carbonyl (C=O) groups is 2. The summed E-state index contributed by atoms with van der Waals surface area (Å²) in [4.78, 5) is 26.3. The van der Waals surface area contributed by atoms with E-state index in [2.05, 4.69) is 37.4 Å². The Morgan fingerprint density at radius 1 is 1.28 bits per heavy atom. The first kappa shape index (κ1) is 19.5. The van der Waals surface area contributed by atoms with Crippen LogP contribution in [0.1, 0.15) is 49.8 Å². The second kappa shape index (κ2) is 9.02. The van der Waals surface area contributed by atoms with Crippen LogP contribution in [0.5, 0.6) is 0 Å². The molecule has 1 aliphatic rings. The summed E-state index contributed by atoms with van der Waals surface area (Å²) in [5.41, 5.74) is 3.78. The Balaban J connectivity index is 1.81. The molecule has 2 amide bonds. The Morgan fingerprint density at radius 3 is 2.72 bits per heavy atom. The van der Waals surface area contributed by atoms with Gasteiger partial charge in [0.2, 0.25) is 11.8 Å². The fourth-order valence-electron chi connectivity index (χ4n) is 3.43. The van der Waals surface area contributed by atoms with Gasteiger partial charge in [0, 0.05) is 32.0 Å². The van der Waals surface area contributed by atoms with Gasteiger partial charge in [-0.1, -0.05) is 37.6 Å². The van der Waals surface area contributed by atoms with Gasteiger partial charge in [0.25, 0.3) is 0 Å². The number of likely N-dealkylation sites (tertiary alicyclic amines) is 1. The van der Waals surface area contributed by atoms with Gasteiger partial charge < -0.3 is 10.2 Å². The molecule has 4 nitrogen and oxygen atoms in total. The van der Waals surface area contributed by atoms with Gasteiger partial charge in [-0.15, -0.1) is 0 Å². The summed E-state index contributed by atoms with van der Waals surface area (Å²) < 4.78 is 0. The number of nitrogens with one attached hydrogen (secondary N) is 1. The van der Waals surface area contributed by atoms with E-state index in [1.807, 2.05) is 18.7 Å². The number of aryl methyl sites for hydroxylation is 3. The molecule has 4 heteroatoms. The summed E-state index contributed by atoms with van der Waals surface area (Å²) >= 11 is 0. The van der Waals surface area contributed by atoms with E-state index in [-0.39, 0.29) is 17.7 Å². The third-order valence-corrected chi connectivity index (χ3v) is 5.07. The Hall–Kier alpha value is -1.84. The minimum Gasteiger partial charge on any atom is -0.356 e. The summed E-state index contributed by atoms with van der Waals surface area (Å²) in [6.07, 6.45) is 3.47. The normalized spacial score (nSPS) is 17.6. The van der Waals surface area contributed by atoms with Crippen molar-refractivity contribution < 1.29 is 9.59 Å². The second-order valence-corrected chi connectivity index (χ2v) is 7.68. The zero-order valence-electron chi connectivity index (χ0n) is 16.1. The summed E-state index contributed by atoms with van der Waals surface area (Å²) in [5.74, 6) is 0.721. The Labute approximate surface area is 152 Å². The molecule has 138 valence electrons. The third kappa shape index (κ3) is 5.87. The lowest BCUT2D eigenvalue weighted by molar-refractivity contribution is -0.132. The van der Waals surface area contributed by atoms with Gasteiger partial charge in [-0.2, -0.15) is 0 Å². The first-order valence-electron chi connectivity index (χ1n) is 9.48. The van der Waals surface area contributed by atoms with Crippen LogP contribution in [0.15, 0.2) is 18.2 Å². The molecule has 0 saturated carbocycles. The Bertz CT molecular complexity index is 610. The van der Waals surface area contributed by atoms with Crippen molar-refractivity contribution in [2.24, 2.45) is 11.8 Å². The van der Waals surface area contributed by atoms with Crippen molar-refractivity contribution in [1.82, 2.24) is 10.2 Å². The summed E-state index contributed by atoms with van der Waals surface area (Å²) in [6.45, 7) is 10.3. The maximum Gasteiger partial charge on any atom is 0.222 e. The molecule has 0 aliphatic carbocycles. The molecule has 1 aliphatic heterocycles. The maximum atomic E-state index is 12.6. The van der Waals surface area contributed by atoms with Gasteiger partial charge >= 0.3 is 0 Å². The molecular formula is C21H32N2O2. The number of carbonyl (C=O) groups excluding carboxylic acids is 2. The van der Waals surface area contributed by atoms with E-state index in [0.29, 0.717) is 18.9 Å². The van der Waals surface area contributed by atoms with Crippen LogP contribution < -0.4 is 5.32 Å². The summed E-state index contributed by atoms with van der Waals surface area (Å²) in [5, 5.41) is 3.00.